The number of alkyl halides is 1. The lowest BCUT2D eigenvalue weighted by Crippen LogP contribution is -2.71. The molecule has 2 aliphatic rings. The first kappa shape index (κ1) is 21.0. The number of rotatable bonds is 6. The van der Waals surface area contributed by atoms with Gasteiger partial charge in [-0.25, -0.2) is 4.99 Å². The molecule has 2 aliphatic heterocycles. The molecule has 2 heterocycles. The molecule has 0 spiro atoms. The van der Waals surface area contributed by atoms with E-state index in [1.54, 1.807) is 0 Å². The molecule has 5 rings (SSSR count). The fourth-order valence-corrected chi connectivity index (χ4v) is 5.87. The second kappa shape index (κ2) is 8.55. The van der Waals surface area contributed by atoms with E-state index in [-0.39, 0.29) is 24.1 Å². The minimum Gasteiger partial charge on any atom is -0.470 e. The highest BCUT2D eigenvalue weighted by Gasteiger charge is 2.67. The summed E-state index contributed by atoms with van der Waals surface area (Å²) in [5.74, 6) is 0.658. The second-order valence-electron chi connectivity index (χ2n) is 8.31. The van der Waals surface area contributed by atoms with Crippen molar-refractivity contribution in [2.24, 2.45) is 4.99 Å². The lowest BCUT2D eigenvalue weighted by Gasteiger charge is -2.55. The molecule has 5 heteroatoms. The summed E-state index contributed by atoms with van der Waals surface area (Å²) in [7, 11) is 0. The zero-order valence-corrected chi connectivity index (χ0v) is 19.5. The van der Waals surface area contributed by atoms with Crippen LogP contribution in [-0.4, -0.2) is 33.2 Å². The van der Waals surface area contributed by atoms with Gasteiger partial charge in [-0.2, -0.15) is 0 Å². The Labute approximate surface area is 197 Å². The molecule has 0 unspecified atom stereocenters. The van der Waals surface area contributed by atoms with Crippen LogP contribution in [0.1, 0.15) is 36.1 Å². The van der Waals surface area contributed by atoms with E-state index in [0.29, 0.717) is 12.4 Å². The number of β-lactam (4-membered cyclic amide) rings is 1. The number of hydrogen-bond donors (Lipinski definition) is 0. The quantitative estimate of drug-likeness (QED) is 0.338. The molecule has 0 aromatic heterocycles. The number of nitrogens with zero attached hydrogens (tertiary/aromatic N) is 2. The summed E-state index contributed by atoms with van der Waals surface area (Å²) in [6.45, 7) is 2.65. The third-order valence-electron chi connectivity index (χ3n) is 6.33. The van der Waals surface area contributed by atoms with Crippen molar-refractivity contribution in [2.75, 3.05) is 0 Å². The minimum absolute atomic E-state index is 0.0446. The second-order valence-corrected chi connectivity index (χ2v) is 9.63. The van der Waals surface area contributed by atoms with Gasteiger partial charge in [-0.05, 0) is 29.7 Å². The Hall–Kier alpha value is -2.92. The van der Waals surface area contributed by atoms with Crippen LogP contribution in [0.15, 0.2) is 96.0 Å². The Morgan fingerprint density at radius 2 is 1.53 bits per heavy atom. The van der Waals surface area contributed by atoms with Gasteiger partial charge in [-0.15, -0.1) is 0 Å². The molecule has 3 aromatic rings. The Morgan fingerprint density at radius 1 is 0.938 bits per heavy atom. The smallest absolute Gasteiger partial charge is 0.246 e. The zero-order chi connectivity index (χ0) is 22.1. The van der Waals surface area contributed by atoms with E-state index >= 15 is 0 Å². The Kier molecular flexibility index (Phi) is 5.60. The average molecular weight is 489 g/mol. The number of carbonyl (C=O) groups is 1. The lowest BCUT2D eigenvalue weighted by atomic mass is 9.75. The number of carbonyl (C=O) groups excluding carboxylic acids is 1. The van der Waals surface area contributed by atoms with Gasteiger partial charge in [0.2, 0.25) is 11.8 Å². The van der Waals surface area contributed by atoms with Crippen LogP contribution in [0.4, 0.5) is 0 Å². The predicted molar refractivity (Wildman–Crippen MR) is 130 cm³/mol. The van der Waals surface area contributed by atoms with Crippen LogP contribution in [0.25, 0.3) is 0 Å². The van der Waals surface area contributed by atoms with Crippen molar-refractivity contribution in [2.45, 2.75) is 42.4 Å². The van der Waals surface area contributed by atoms with E-state index in [1.807, 2.05) is 71.6 Å². The summed E-state index contributed by atoms with van der Waals surface area (Å²) < 4.78 is 5.56. The molecule has 0 aliphatic carbocycles. The third-order valence-corrected chi connectivity index (χ3v) is 7.56. The number of ether oxygens (including phenoxy) is 1. The molecule has 1 amide bonds. The van der Waals surface area contributed by atoms with Gasteiger partial charge in [0.25, 0.3) is 0 Å². The number of benzene rings is 3. The maximum absolute atomic E-state index is 13.7. The monoisotopic (exact) mass is 488 g/mol. The Morgan fingerprint density at radius 3 is 2.16 bits per heavy atom. The Bertz CT molecular complexity index is 1120. The standard InChI is InChI=1S/C27H25BrN2O2/c1-2-22-24(32-25(29-22)21-16-10-5-11-17-21)27(28)23(20-14-8-4-9-15-20)30(26(27)31)18-19-12-6-3-7-13-19/h3-17,22-24H,2,18H2,1H3/t22-,23+,24-,27+/m1/s1. The molecule has 4 nitrogen and oxygen atoms in total. The normalized spacial score (nSPS) is 26.9. The highest BCUT2D eigenvalue weighted by Crippen LogP contribution is 2.55. The SMILES string of the molecule is CC[C@H]1N=C(c2ccccc2)O[C@H]1[C@]1(Br)C(=O)N(Cc2ccccc2)[C@H]1c1ccccc1. The molecular weight excluding hydrogens is 464 g/mol. The third kappa shape index (κ3) is 3.45. The van der Waals surface area contributed by atoms with E-state index in [1.165, 1.54) is 0 Å². The number of amides is 1. The molecule has 0 saturated carbocycles. The van der Waals surface area contributed by atoms with E-state index in [9.17, 15) is 4.79 Å². The number of hydrogen-bond acceptors (Lipinski definition) is 3. The highest BCUT2D eigenvalue weighted by molar-refractivity contribution is 9.10. The van der Waals surface area contributed by atoms with Gasteiger partial charge in [-0.1, -0.05) is 102 Å². The van der Waals surface area contributed by atoms with Crippen LogP contribution in [0.5, 0.6) is 0 Å². The van der Waals surface area contributed by atoms with Crippen molar-refractivity contribution in [1.29, 1.82) is 0 Å². The molecule has 32 heavy (non-hydrogen) atoms. The van der Waals surface area contributed by atoms with E-state index in [2.05, 4.69) is 47.1 Å². The van der Waals surface area contributed by atoms with E-state index < -0.39 is 4.32 Å². The summed E-state index contributed by atoms with van der Waals surface area (Å²) in [5, 5.41) is 0. The van der Waals surface area contributed by atoms with Gasteiger partial charge in [0.15, 0.2) is 4.32 Å². The van der Waals surface area contributed by atoms with Gasteiger partial charge in [0.05, 0.1) is 12.1 Å². The molecule has 0 N–H and O–H groups in total. The van der Waals surface area contributed by atoms with E-state index in [4.69, 9.17) is 9.73 Å². The number of aliphatic imine (C=N–C) groups is 1. The van der Waals surface area contributed by atoms with Crippen LogP contribution in [0.3, 0.4) is 0 Å². The van der Waals surface area contributed by atoms with Crippen LogP contribution in [0.2, 0.25) is 0 Å². The topological polar surface area (TPSA) is 41.9 Å². The number of likely N-dealkylation sites (tertiary alicyclic amines) is 1. The molecule has 0 bridgehead atoms. The van der Waals surface area contributed by atoms with Crippen LogP contribution >= 0.6 is 15.9 Å². The number of halogens is 1. The molecule has 1 saturated heterocycles. The summed E-state index contributed by atoms with van der Waals surface area (Å²) in [6.07, 6.45) is 0.411. The first-order valence-corrected chi connectivity index (χ1v) is 11.8. The molecule has 1 fully saturated rings. The van der Waals surface area contributed by atoms with Gasteiger partial charge in [0.1, 0.15) is 6.10 Å². The Balaban J connectivity index is 1.49. The first-order chi connectivity index (χ1) is 15.6. The fraction of sp³-hybridized carbons (Fsp3) is 0.259. The van der Waals surface area contributed by atoms with Gasteiger partial charge < -0.3 is 9.64 Å². The van der Waals surface area contributed by atoms with Crippen LogP contribution in [-0.2, 0) is 16.1 Å². The summed E-state index contributed by atoms with van der Waals surface area (Å²) in [4.78, 5) is 20.5. The lowest BCUT2D eigenvalue weighted by molar-refractivity contribution is -0.159. The van der Waals surface area contributed by atoms with Gasteiger partial charge >= 0.3 is 0 Å². The van der Waals surface area contributed by atoms with Crippen LogP contribution < -0.4 is 0 Å². The van der Waals surface area contributed by atoms with Crippen molar-refractivity contribution in [1.82, 2.24) is 4.90 Å². The first-order valence-electron chi connectivity index (χ1n) is 11.0. The molecule has 3 aromatic carbocycles. The molecular formula is C27H25BrN2O2. The van der Waals surface area contributed by atoms with Crippen molar-refractivity contribution in [3.05, 3.63) is 108 Å². The molecule has 162 valence electrons. The summed E-state index contributed by atoms with van der Waals surface area (Å²) in [6, 6.07) is 30.0. The predicted octanol–water partition coefficient (Wildman–Crippen LogP) is 5.53. The summed E-state index contributed by atoms with van der Waals surface area (Å²) >= 11 is 3.91. The minimum atomic E-state index is -0.871. The van der Waals surface area contributed by atoms with Crippen molar-refractivity contribution >= 4 is 27.7 Å². The maximum Gasteiger partial charge on any atom is 0.246 e. The van der Waals surface area contributed by atoms with E-state index in [0.717, 1.165) is 23.1 Å². The maximum atomic E-state index is 13.7. The van der Waals surface area contributed by atoms with Crippen molar-refractivity contribution in [3.63, 3.8) is 0 Å². The fourth-order valence-electron chi connectivity index (χ4n) is 4.74. The van der Waals surface area contributed by atoms with Gasteiger partial charge in [-0.3, -0.25) is 4.79 Å². The summed E-state index contributed by atoms with van der Waals surface area (Å²) in [5.41, 5.74) is 3.14. The molecule has 4 atom stereocenters. The van der Waals surface area contributed by atoms with Crippen LogP contribution in [0, 0.1) is 0 Å². The average Bonchev–Trinajstić information content (AvgIpc) is 3.30. The van der Waals surface area contributed by atoms with Gasteiger partial charge in [0, 0.05) is 12.1 Å². The largest absolute Gasteiger partial charge is 0.470 e. The highest BCUT2D eigenvalue weighted by atomic mass is 79.9. The molecule has 0 radical (unpaired) electrons. The van der Waals surface area contributed by atoms with Crippen molar-refractivity contribution in [3.8, 4) is 0 Å². The zero-order valence-electron chi connectivity index (χ0n) is 17.9. The van der Waals surface area contributed by atoms with Crippen molar-refractivity contribution < 1.29 is 9.53 Å².